The zero-order chi connectivity index (χ0) is 21.0. The summed E-state index contributed by atoms with van der Waals surface area (Å²) in [7, 11) is 0. The highest BCUT2D eigenvalue weighted by molar-refractivity contribution is 7.13. The fraction of sp³-hybridized carbons (Fsp3) is 0.238. The third kappa shape index (κ3) is 4.35. The number of nitrogens with one attached hydrogen (secondary N) is 1. The quantitative estimate of drug-likeness (QED) is 0.513. The minimum atomic E-state index is -0.0726. The molecule has 31 heavy (non-hydrogen) atoms. The smallest absolute Gasteiger partial charge is 0.240 e. The van der Waals surface area contributed by atoms with Crippen LogP contribution in [0, 0.1) is 0 Å². The molecule has 0 spiro atoms. The average molecular weight is 433 g/mol. The number of nitrogens with zero attached hydrogens (tertiary/aromatic N) is 7. The van der Waals surface area contributed by atoms with Gasteiger partial charge in [0.15, 0.2) is 5.82 Å². The molecule has 0 saturated carbocycles. The van der Waals surface area contributed by atoms with Crippen LogP contribution in [0.15, 0.2) is 54.3 Å². The number of piperazine rings is 1. The molecule has 0 unspecified atom stereocenters. The molecule has 9 nitrogen and oxygen atoms in total. The van der Waals surface area contributed by atoms with Crippen LogP contribution in [-0.2, 0) is 4.79 Å². The van der Waals surface area contributed by atoms with Gasteiger partial charge in [-0.3, -0.25) is 20.0 Å². The highest BCUT2D eigenvalue weighted by Gasteiger charge is 2.22. The van der Waals surface area contributed by atoms with E-state index in [1.807, 2.05) is 30.3 Å². The van der Waals surface area contributed by atoms with Crippen LogP contribution in [0.25, 0.3) is 22.3 Å². The summed E-state index contributed by atoms with van der Waals surface area (Å²) in [5.41, 5.74) is 3.40. The Morgan fingerprint density at radius 1 is 1.06 bits per heavy atom. The van der Waals surface area contributed by atoms with E-state index in [9.17, 15) is 4.79 Å². The van der Waals surface area contributed by atoms with Gasteiger partial charge in [0.1, 0.15) is 11.3 Å². The van der Waals surface area contributed by atoms with E-state index in [1.54, 1.807) is 17.9 Å². The molecule has 5 rings (SSSR count). The van der Waals surface area contributed by atoms with Crippen LogP contribution in [-0.4, -0.2) is 68.7 Å². The van der Waals surface area contributed by atoms with E-state index in [-0.39, 0.29) is 5.91 Å². The van der Waals surface area contributed by atoms with E-state index >= 15 is 0 Å². The monoisotopic (exact) mass is 432 g/mol. The summed E-state index contributed by atoms with van der Waals surface area (Å²) in [4.78, 5) is 30.5. The first-order chi connectivity index (χ1) is 15.3. The van der Waals surface area contributed by atoms with Crippen molar-refractivity contribution >= 4 is 39.1 Å². The zero-order valence-electron chi connectivity index (χ0n) is 16.7. The number of rotatable bonds is 5. The summed E-state index contributed by atoms with van der Waals surface area (Å²) in [6.45, 7) is 3.42. The van der Waals surface area contributed by atoms with Gasteiger partial charge in [0.2, 0.25) is 11.0 Å². The largest absolute Gasteiger partial charge is 0.353 e. The van der Waals surface area contributed by atoms with Gasteiger partial charge in [-0.2, -0.15) is 0 Å². The maximum Gasteiger partial charge on any atom is 0.240 e. The van der Waals surface area contributed by atoms with Crippen LogP contribution in [0.5, 0.6) is 0 Å². The summed E-state index contributed by atoms with van der Waals surface area (Å²) in [6, 6.07) is 11.9. The van der Waals surface area contributed by atoms with E-state index < -0.39 is 0 Å². The van der Waals surface area contributed by atoms with Gasteiger partial charge in [-0.05, 0) is 24.3 Å². The van der Waals surface area contributed by atoms with Crippen LogP contribution in [0.4, 0.5) is 10.9 Å². The van der Waals surface area contributed by atoms with Crippen molar-refractivity contribution in [1.82, 2.24) is 30.0 Å². The normalized spacial score (nSPS) is 14.6. The molecule has 0 radical (unpaired) electrons. The number of amides is 1. The fourth-order valence-corrected chi connectivity index (χ4v) is 4.09. The summed E-state index contributed by atoms with van der Waals surface area (Å²) < 4.78 is 0. The first-order valence-electron chi connectivity index (χ1n) is 9.97. The van der Waals surface area contributed by atoms with Gasteiger partial charge in [-0.1, -0.05) is 23.5 Å². The number of aromatic nitrogens is 5. The number of hydrogen-bond acceptors (Lipinski definition) is 9. The predicted molar refractivity (Wildman–Crippen MR) is 120 cm³/mol. The van der Waals surface area contributed by atoms with Crippen LogP contribution in [0.2, 0.25) is 0 Å². The number of fused-ring (bicyclic) bond motifs is 1. The van der Waals surface area contributed by atoms with Gasteiger partial charge in [0.25, 0.3) is 0 Å². The van der Waals surface area contributed by atoms with Crippen molar-refractivity contribution in [1.29, 1.82) is 0 Å². The number of carbonyl (C=O) groups excluding carboxylic acids is 1. The van der Waals surface area contributed by atoms with Crippen molar-refractivity contribution in [2.45, 2.75) is 0 Å². The fourth-order valence-electron chi connectivity index (χ4n) is 3.63. The Kier molecular flexibility index (Phi) is 5.46. The molecule has 156 valence electrons. The minimum Gasteiger partial charge on any atom is -0.353 e. The SMILES string of the molecule is O=C(CN1CCN(c2nc(-c3cccnc3)nc3ccccc23)CC1)Nc1nncs1. The number of benzene rings is 1. The Labute approximate surface area is 182 Å². The second-order valence-electron chi connectivity index (χ2n) is 7.18. The lowest BCUT2D eigenvalue weighted by Gasteiger charge is -2.35. The molecule has 3 aromatic heterocycles. The van der Waals surface area contributed by atoms with E-state index in [0.717, 1.165) is 48.5 Å². The number of pyridine rings is 1. The molecule has 1 fully saturated rings. The van der Waals surface area contributed by atoms with Gasteiger partial charge < -0.3 is 4.90 Å². The summed E-state index contributed by atoms with van der Waals surface area (Å²) in [5, 5.41) is 11.9. The third-order valence-corrected chi connectivity index (χ3v) is 5.75. The van der Waals surface area contributed by atoms with Crippen molar-refractivity contribution in [3.05, 3.63) is 54.3 Å². The minimum absolute atomic E-state index is 0.0726. The number of anilines is 2. The maximum atomic E-state index is 12.3. The lowest BCUT2D eigenvalue weighted by atomic mass is 10.2. The molecule has 0 aliphatic carbocycles. The number of carbonyl (C=O) groups is 1. The Hall–Kier alpha value is -3.50. The Morgan fingerprint density at radius 2 is 1.94 bits per heavy atom. The Balaban J connectivity index is 1.33. The predicted octanol–water partition coefficient (Wildman–Crippen LogP) is 2.30. The molecule has 4 aromatic rings. The van der Waals surface area contributed by atoms with Crippen LogP contribution in [0.3, 0.4) is 0 Å². The molecule has 0 bridgehead atoms. The Bertz CT molecular complexity index is 1180. The highest BCUT2D eigenvalue weighted by Crippen LogP contribution is 2.28. The van der Waals surface area contributed by atoms with Gasteiger partial charge in [-0.25, -0.2) is 9.97 Å². The van der Waals surface area contributed by atoms with Gasteiger partial charge >= 0.3 is 0 Å². The second-order valence-corrected chi connectivity index (χ2v) is 8.02. The van der Waals surface area contributed by atoms with Crippen LogP contribution < -0.4 is 10.2 Å². The molecule has 1 saturated heterocycles. The third-order valence-electron chi connectivity index (χ3n) is 5.15. The van der Waals surface area contributed by atoms with E-state index in [1.165, 1.54) is 11.3 Å². The molecule has 1 aromatic carbocycles. The average Bonchev–Trinajstić information content (AvgIpc) is 3.32. The topological polar surface area (TPSA) is 100 Å². The zero-order valence-corrected chi connectivity index (χ0v) is 17.5. The molecule has 0 atom stereocenters. The van der Waals surface area contributed by atoms with E-state index in [0.29, 0.717) is 17.5 Å². The molecule has 1 N–H and O–H groups in total. The summed E-state index contributed by atoms with van der Waals surface area (Å²) in [5.74, 6) is 1.51. The molecule has 4 heterocycles. The van der Waals surface area contributed by atoms with Crippen LogP contribution in [0.1, 0.15) is 0 Å². The summed E-state index contributed by atoms with van der Waals surface area (Å²) >= 11 is 1.31. The number of para-hydroxylation sites is 1. The van der Waals surface area contributed by atoms with Crippen molar-refractivity contribution < 1.29 is 4.79 Å². The van der Waals surface area contributed by atoms with Crippen molar-refractivity contribution in [3.63, 3.8) is 0 Å². The van der Waals surface area contributed by atoms with Crippen molar-refractivity contribution in [2.24, 2.45) is 0 Å². The first kappa shape index (κ1) is 19.5. The molecular formula is C21H20N8OS. The van der Waals surface area contributed by atoms with Crippen LogP contribution >= 0.6 is 11.3 Å². The molecule has 1 aliphatic heterocycles. The maximum absolute atomic E-state index is 12.3. The molecule has 10 heteroatoms. The lowest BCUT2D eigenvalue weighted by molar-refractivity contribution is -0.117. The van der Waals surface area contributed by atoms with Gasteiger partial charge in [-0.15, -0.1) is 10.2 Å². The number of hydrogen-bond donors (Lipinski definition) is 1. The second kappa shape index (κ2) is 8.70. The standard InChI is InChI=1S/C21H20N8OS/c30-18(25-21-27-23-14-31-21)13-28-8-10-29(11-9-28)20-16-5-1-2-6-17(16)24-19(26-20)15-4-3-7-22-12-15/h1-7,12,14H,8-11,13H2,(H,25,27,30). The first-order valence-corrected chi connectivity index (χ1v) is 10.8. The molecule has 1 amide bonds. The van der Waals surface area contributed by atoms with Gasteiger partial charge in [0.05, 0.1) is 12.1 Å². The highest BCUT2D eigenvalue weighted by atomic mass is 32.1. The van der Waals surface area contributed by atoms with E-state index in [2.05, 4.69) is 36.4 Å². The van der Waals surface area contributed by atoms with Crippen molar-refractivity contribution in [3.8, 4) is 11.4 Å². The Morgan fingerprint density at radius 3 is 2.71 bits per heavy atom. The molecule has 1 aliphatic rings. The van der Waals surface area contributed by atoms with E-state index in [4.69, 9.17) is 9.97 Å². The summed E-state index contributed by atoms with van der Waals surface area (Å²) in [6.07, 6.45) is 3.52. The lowest BCUT2D eigenvalue weighted by Crippen LogP contribution is -2.49. The van der Waals surface area contributed by atoms with Gasteiger partial charge in [0, 0.05) is 49.5 Å². The molecular weight excluding hydrogens is 412 g/mol. The van der Waals surface area contributed by atoms with Crippen molar-refractivity contribution in [2.75, 3.05) is 42.9 Å².